The first-order chi connectivity index (χ1) is 8.58. The maximum atomic E-state index is 9.27. The lowest BCUT2D eigenvalue weighted by molar-refractivity contribution is 0.335. The first kappa shape index (κ1) is 14.7. The van der Waals surface area contributed by atoms with Crippen LogP contribution < -0.4 is 9.47 Å². The van der Waals surface area contributed by atoms with E-state index in [4.69, 9.17) is 9.47 Å². The molecule has 4 nitrogen and oxygen atoms in total. The molecular formula is C13H18N2O2S. The molecule has 0 aliphatic heterocycles. The Kier molecular flexibility index (Phi) is 5.32. The number of nitriles is 1. The highest BCUT2D eigenvalue weighted by Crippen LogP contribution is 2.38. The fourth-order valence-corrected chi connectivity index (χ4v) is 2.30. The highest BCUT2D eigenvalue weighted by molar-refractivity contribution is 7.98. The monoisotopic (exact) mass is 266 g/mol. The lowest BCUT2D eigenvalue weighted by Crippen LogP contribution is -2.19. The summed E-state index contributed by atoms with van der Waals surface area (Å²) in [6.45, 7) is 0. The van der Waals surface area contributed by atoms with Crippen LogP contribution in [-0.4, -0.2) is 39.5 Å². The Labute approximate surface area is 112 Å². The number of hydrogen-bond acceptors (Lipinski definition) is 5. The zero-order chi connectivity index (χ0) is 13.7. The second-order valence-corrected chi connectivity index (χ2v) is 4.79. The minimum Gasteiger partial charge on any atom is -0.496 e. The van der Waals surface area contributed by atoms with Gasteiger partial charge in [0, 0.05) is 5.56 Å². The number of nitrogens with zero attached hydrogens (tertiary/aromatic N) is 2. The lowest BCUT2D eigenvalue weighted by atomic mass is 10.1. The largest absolute Gasteiger partial charge is 0.496 e. The van der Waals surface area contributed by atoms with Crippen molar-refractivity contribution < 1.29 is 9.47 Å². The van der Waals surface area contributed by atoms with E-state index in [-0.39, 0.29) is 6.04 Å². The molecule has 0 aromatic heterocycles. The molecule has 0 spiro atoms. The molecular weight excluding hydrogens is 248 g/mol. The SMILES string of the molecule is COc1cc(C(C#N)N(C)C)c(OC)cc1SC. The zero-order valence-electron chi connectivity index (χ0n) is 11.4. The third-order valence-corrected chi connectivity index (χ3v) is 3.43. The van der Waals surface area contributed by atoms with Crippen molar-refractivity contribution in [2.45, 2.75) is 10.9 Å². The Morgan fingerprint density at radius 2 is 1.83 bits per heavy atom. The summed E-state index contributed by atoms with van der Waals surface area (Å²) < 4.78 is 10.7. The summed E-state index contributed by atoms with van der Waals surface area (Å²) in [5.74, 6) is 1.47. The fraction of sp³-hybridized carbons (Fsp3) is 0.462. The van der Waals surface area contributed by atoms with Gasteiger partial charge in [-0.3, -0.25) is 4.90 Å². The third kappa shape index (κ3) is 2.89. The van der Waals surface area contributed by atoms with Crippen LogP contribution in [-0.2, 0) is 0 Å². The van der Waals surface area contributed by atoms with Crippen molar-refractivity contribution in [1.29, 1.82) is 5.26 Å². The van der Waals surface area contributed by atoms with Gasteiger partial charge in [-0.2, -0.15) is 5.26 Å². The van der Waals surface area contributed by atoms with Gasteiger partial charge in [0.1, 0.15) is 17.5 Å². The van der Waals surface area contributed by atoms with Crippen molar-refractivity contribution in [3.8, 4) is 17.6 Å². The summed E-state index contributed by atoms with van der Waals surface area (Å²) in [6, 6.07) is 5.69. The number of benzene rings is 1. The number of methoxy groups -OCH3 is 2. The molecule has 1 aromatic carbocycles. The highest BCUT2D eigenvalue weighted by Gasteiger charge is 2.20. The van der Waals surface area contributed by atoms with Gasteiger partial charge in [0.25, 0.3) is 0 Å². The van der Waals surface area contributed by atoms with E-state index in [1.165, 1.54) is 0 Å². The number of ether oxygens (including phenoxy) is 2. The van der Waals surface area contributed by atoms with Gasteiger partial charge in [-0.25, -0.2) is 0 Å². The van der Waals surface area contributed by atoms with Crippen LogP contribution in [0.2, 0.25) is 0 Å². The molecule has 0 fully saturated rings. The molecule has 18 heavy (non-hydrogen) atoms. The zero-order valence-corrected chi connectivity index (χ0v) is 12.2. The van der Waals surface area contributed by atoms with Gasteiger partial charge in [0.05, 0.1) is 25.2 Å². The predicted octanol–water partition coefficient (Wildman–Crippen LogP) is 2.55. The Balaban J connectivity index is 3.38. The van der Waals surface area contributed by atoms with Gasteiger partial charge in [-0.05, 0) is 32.5 Å². The quantitative estimate of drug-likeness (QED) is 0.766. The minimum absolute atomic E-state index is 0.357. The van der Waals surface area contributed by atoms with Crippen LogP contribution in [0.4, 0.5) is 0 Å². The Morgan fingerprint density at radius 1 is 1.22 bits per heavy atom. The van der Waals surface area contributed by atoms with Crippen LogP contribution in [0.5, 0.6) is 11.5 Å². The standard InChI is InChI=1S/C13H18N2O2S/c1-15(2)10(8-14)9-6-12(17-4)13(18-5)7-11(9)16-3/h6-7,10H,1-5H3. The van der Waals surface area contributed by atoms with Crippen LogP contribution in [0, 0.1) is 11.3 Å². The number of hydrogen-bond donors (Lipinski definition) is 0. The smallest absolute Gasteiger partial charge is 0.133 e. The maximum absolute atomic E-state index is 9.27. The molecule has 0 saturated carbocycles. The third-order valence-electron chi connectivity index (χ3n) is 2.67. The van der Waals surface area contributed by atoms with Crippen LogP contribution in [0.3, 0.4) is 0 Å². The van der Waals surface area contributed by atoms with Gasteiger partial charge in [0.15, 0.2) is 0 Å². The average Bonchev–Trinajstić information content (AvgIpc) is 2.38. The first-order valence-electron chi connectivity index (χ1n) is 5.45. The molecule has 1 aromatic rings. The average molecular weight is 266 g/mol. The van der Waals surface area contributed by atoms with Gasteiger partial charge in [-0.15, -0.1) is 11.8 Å². The van der Waals surface area contributed by atoms with Crippen molar-refractivity contribution in [1.82, 2.24) is 4.90 Å². The van der Waals surface area contributed by atoms with Gasteiger partial charge in [-0.1, -0.05) is 0 Å². The Bertz CT molecular complexity index is 455. The molecule has 1 atom stereocenters. The molecule has 0 aliphatic carbocycles. The molecule has 0 aliphatic rings. The number of thioether (sulfide) groups is 1. The van der Waals surface area contributed by atoms with E-state index in [0.717, 1.165) is 16.2 Å². The maximum Gasteiger partial charge on any atom is 0.133 e. The molecule has 5 heteroatoms. The van der Waals surface area contributed by atoms with Crippen LogP contribution >= 0.6 is 11.8 Å². The van der Waals surface area contributed by atoms with Gasteiger partial charge >= 0.3 is 0 Å². The summed E-state index contributed by atoms with van der Waals surface area (Å²) >= 11 is 1.58. The van der Waals surface area contributed by atoms with Crippen molar-refractivity contribution in [3.63, 3.8) is 0 Å². The van der Waals surface area contributed by atoms with E-state index < -0.39 is 0 Å². The van der Waals surface area contributed by atoms with Crippen LogP contribution in [0.15, 0.2) is 17.0 Å². The van der Waals surface area contributed by atoms with Crippen molar-refractivity contribution in [2.24, 2.45) is 0 Å². The molecule has 98 valence electrons. The van der Waals surface area contributed by atoms with Crippen LogP contribution in [0.1, 0.15) is 11.6 Å². The minimum atomic E-state index is -0.357. The molecule has 0 amide bonds. The Morgan fingerprint density at radius 3 is 2.22 bits per heavy atom. The molecule has 0 radical (unpaired) electrons. The molecule has 1 rings (SSSR count). The summed E-state index contributed by atoms with van der Waals surface area (Å²) in [4.78, 5) is 2.84. The highest BCUT2D eigenvalue weighted by atomic mass is 32.2. The molecule has 0 saturated heterocycles. The summed E-state index contributed by atoms with van der Waals surface area (Å²) in [5, 5.41) is 9.27. The fourth-order valence-electron chi connectivity index (χ4n) is 1.73. The van der Waals surface area contributed by atoms with E-state index >= 15 is 0 Å². The number of rotatable bonds is 5. The normalized spacial score (nSPS) is 12.1. The molecule has 0 heterocycles. The van der Waals surface area contributed by atoms with E-state index in [9.17, 15) is 5.26 Å². The second kappa shape index (κ2) is 6.53. The Hall–Kier alpha value is -1.38. The summed E-state index contributed by atoms with van der Waals surface area (Å²) in [5.41, 5.74) is 0.819. The van der Waals surface area contributed by atoms with Gasteiger partial charge < -0.3 is 9.47 Å². The van der Waals surface area contributed by atoms with Crippen molar-refractivity contribution >= 4 is 11.8 Å². The van der Waals surface area contributed by atoms with Crippen LogP contribution in [0.25, 0.3) is 0 Å². The molecule has 0 N–H and O–H groups in total. The van der Waals surface area contributed by atoms with E-state index in [2.05, 4.69) is 6.07 Å². The molecule has 1 unspecified atom stereocenters. The van der Waals surface area contributed by atoms with Gasteiger partial charge in [0.2, 0.25) is 0 Å². The second-order valence-electron chi connectivity index (χ2n) is 3.94. The molecule has 0 bridgehead atoms. The topological polar surface area (TPSA) is 45.5 Å². The predicted molar refractivity (Wildman–Crippen MR) is 73.4 cm³/mol. The summed E-state index contributed by atoms with van der Waals surface area (Å²) in [6.07, 6.45) is 1.98. The van der Waals surface area contributed by atoms with E-state index in [0.29, 0.717) is 5.75 Å². The first-order valence-corrected chi connectivity index (χ1v) is 6.67. The van der Waals surface area contributed by atoms with Crippen molar-refractivity contribution in [2.75, 3.05) is 34.6 Å². The van der Waals surface area contributed by atoms with E-state index in [1.54, 1.807) is 26.0 Å². The van der Waals surface area contributed by atoms with E-state index in [1.807, 2.05) is 37.4 Å². The van der Waals surface area contributed by atoms with Crippen molar-refractivity contribution in [3.05, 3.63) is 17.7 Å². The lowest BCUT2D eigenvalue weighted by Gasteiger charge is -2.21. The summed E-state index contributed by atoms with van der Waals surface area (Å²) in [7, 11) is 6.96.